The number of nitrogens with one attached hydrogen (secondary N) is 1. The van der Waals surface area contributed by atoms with Crippen LogP contribution in [0.2, 0.25) is 0 Å². The van der Waals surface area contributed by atoms with Crippen molar-refractivity contribution in [3.63, 3.8) is 0 Å². The molecule has 1 aromatic heterocycles. The first kappa shape index (κ1) is 21.4. The van der Waals surface area contributed by atoms with Gasteiger partial charge in [-0.2, -0.15) is 5.10 Å². The fourth-order valence-electron chi connectivity index (χ4n) is 4.45. The van der Waals surface area contributed by atoms with Crippen molar-refractivity contribution < 1.29 is 23.1 Å². The van der Waals surface area contributed by atoms with Crippen molar-refractivity contribution in [1.29, 1.82) is 0 Å². The van der Waals surface area contributed by atoms with E-state index in [9.17, 15) is 9.59 Å². The molecule has 2 heterocycles. The molecule has 166 valence electrons. The summed E-state index contributed by atoms with van der Waals surface area (Å²) in [5.41, 5.74) is 5.58. The van der Waals surface area contributed by atoms with E-state index in [2.05, 4.69) is 10.4 Å². The predicted octanol–water partition coefficient (Wildman–Crippen LogP) is 3.17. The summed E-state index contributed by atoms with van der Waals surface area (Å²) in [5.74, 6) is -2.96. The average Bonchev–Trinajstić information content (AvgIpc) is 3.31. The van der Waals surface area contributed by atoms with E-state index in [1.54, 1.807) is 0 Å². The lowest BCUT2D eigenvalue weighted by Gasteiger charge is -2.29. The Balaban J connectivity index is 1.93. The number of primary amides is 1. The van der Waals surface area contributed by atoms with Crippen LogP contribution in [0, 0.1) is 17.0 Å². The highest BCUT2D eigenvalue weighted by Crippen LogP contribution is 2.39. The Morgan fingerprint density at radius 2 is 2.13 bits per heavy atom. The molecule has 0 spiro atoms. The molecule has 0 unspecified atom stereocenters. The summed E-state index contributed by atoms with van der Waals surface area (Å²) in [5, 5.41) is 7.36. The fraction of sp³-hybridized carbons (Fsp3) is 0.500. The lowest BCUT2D eigenvalue weighted by molar-refractivity contribution is 0.0909. The van der Waals surface area contributed by atoms with Crippen LogP contribution in [-0.4, -0.2) is 40.7 Å². The van der Waals surface area contributed by atoms with Crippen molar-refractivity contribution in [3.05, 3.63) is 40.2 Å². The van der Waals surface area contributed by atoms with Crippen LogP contribution in [0.25, 0.3) is 5.69 Å². The van der Waals surface area contributed by atoms with Crippen LogP contribution in [0.1, 0.15) is 65.7 Å². The van der Waals surface area contributed by atoms with Crippen molar-refractivity contribution in [3.8, 4) is 5.69 Å². The Morgan fingerprint density at radius 1 is 1.39 bits per heavy atom. The highest BCUT2D eigenvalue weighted by Gasteiger charge is 2.38. The summed E-state index contributed by atoms with van der Waals surface area (Å²) in [4.78, 5) is 24.7. The van der Waals surface area contributed by atoms with Crippen LogP contribution in [0.15, 0.2) is 6.07 Å². The first-order valence-corrected chi connectivity index (χ1v) is 10.4. The third-order valence-corrected chi connectivity index (χ3v) is 5.90. The summed E-state index contributed by atoms with van der Waals surface area (Å²) in [6, 6.07) is 0.693. The minimum atomic E-state index is -0.969. The highest BCUT2D eigenvalue weighted by molar-refractivity contribution is 6.00. The molecular formula is C22H26F2N4O3. The van der Waals surface area contributed by atoms with Gasteiger partial charge in [-0.25, -0.2) is 13.5 Å². The smallest absolute Gasteiger partial charge is 0.251 e. The molecule has 1 fully saturated rings. The van der Waals surface area contributed by atoms with Crippen molar-refractivity contribution >= 4 is 17.4 Å². The molecular weight excluding hydrogens is 406 g/mol. The number of nitrogens with zero attached hydrogens (tertiary/aromatic N) is 2. The highest BCUT2D eigenvalue weighted by atomic mass is 19.1. The molecule has 4 rings (SSSR count). The zero-order valence-electron chi connectivity index (χ0n) is 17.8. The largest absolute Gasteiger partial charge is 0.379 e. The van der Waals surface area contributed by atoms with Gasteiger partial charge in [-0.15, -0.1) is 0 Å². The molecule has 0 bridgehead atoms. The van der Waals surface area contributed by atoms with Gasteiger partial charge in [0.25, 0.3) is 5.91 Å². The number of ketones is 1. The second-order valence-corrected chi connectivity index (χ2v) is 8.99. The van der Waals surface area contributed by atoms with Gasteiger partial charge in [0, 0.05) is 13.0 Å². The molecule has 2 aromatic rings. The number of anilines is 1. The van der Waals surface area contributed by atoms with Crippen molar-refractivity contribution in [2.45, 2.75) is 52.5 Å². The van der Waals surface area contributed by atoms with E-state index in [0.717, 1.165) is 6.07 Å². The van der Waals surface area contributed by atoms with Gasteiger partial charge in [0.15, 0.2) is 17.4 Å². The van der Waals surface area contributed by atoms with Gasteiger partial charge in [0.2, 0.25) is 0 Å². The van der Waals surface area contributed by atoms with Crippen molar-refractivity contribution in [2.24, 2.45) is 11.1 Å². The normalized spacial score (nSPS) is 20.0. The number of fused-ring (bicyclic) bond motifs is 1. The minimum absolute atomic E-state index is 0.0784. The third kappa shape index (κ3) is 3.71. The van der Waals surface area contributed by atoms with Gasteiger partial charge in [0.05, 0.1) is 40.9 Å². The van der Waals surface area contributed by atoms with Crippen molar-refractivity contribution in [2.75, 3.05) is 18.5 Å². The monoisotopic (exact) mass is 432 g/mol. The summed E-state index contributed by atoms with van der Waals surface area (Å²) in [7, 11) is 0. The number of carbonyl (C=O) groups excluding carboxylic acids is 2. The number of Topliss-reactive ketones (excluding diaryl/α,β-unsaturated/α-hetero) is 1. The number of ether oxygens (including phenoxy) is 1. The topological polar surface area (TPSA) is 99.2 Å². The number of benzene rings is 1. The second-order valence-electron chi connectivity index (χ2n) is 8.99. The molecule has 9 heteroatoms. The summed E-state index contributed by atoms with van der Waals surface area (Å²) in [6.07, 6.45) is 1.86. The summed E-state index contributed by atoms with van der Waals surface area (Å²) in [6.45, 7) is 6.56. The van der Waals surface area contributed by atoms with Crippen LogP contribution >= 0.6 is 0 Å². The molecule has 2 aliphatic rings. The van der Waals surface area contributed by atoms with Crippen LogP contribution in [0.4, 0.5) is 14.5 Å². The lowest BCUT2D eigenvalue weighted by atomic mass is 9.75. The van der Waals surface area contributed by atoms with Gasteiger partial charge in [0.1, 0.15) is 5.69 Å². The third-order valence-electron chi connectivity index (χ3n) is 5.90. The Labute approximate surface area is 178 Å². The first-order chi connectivity index (χ1) is 14.6. The molecule has 0 radical (unpaired) electrons. The number of halogens is 2. The average molecular weight is 432 g/mol. The molecule has 1 amide bonds. The zero-order valence-corrected chi connectivity index (χ0v) is 17.8. The van der Waals surface area contributed by atoms with Crippen LogP contribution in [0.5, 0.6) is 0 Å². The number of carbonyl (C=O) groups is 2. The maximum absolute atomic E-state index is 15.8. The number of nitrogens with two attached hydrogens (primary N) is 1. The molecule has 31 heavy (non-hydrogen) atoms. The van der Waals surface area contributed by atoms with Gasteiger partial charge >= 0.3 is 0 Å². The molecule has 1 aliphatic heterocycles. The number of aromatic nitrogens is 2. The van der Waals surface area contributed by atoms with E-state index >= 15 is 8.78 Å². The van der Waals surface area contributed by atoms with Crippen LogP contribution in [0.3, 0.4) is 0 Å². The standard InChI is InChI=1S/C22H26F2N4O3/c1-4-14-17-15(8-22(2,3)9-16(17)29)28(27-14)20-13(23)7-12(21(25)30)19(18(20)24)26-11-5-6-31-10-11/h7,11,26H,4-6,8-10H2,1-3H3,(H2,25,30)/t11-/m1/s1. The summed E-state index contributed by atoms with van der Waals surface area (Å²) >= 11 is 0. The fourth-order valence-corrected chi connectivity index (χ4v) is 4.45. The number of aryl methyl sites for hydroxylation is 1. The van der Waals surface area contributed by atoms with E-state index < -0.39 is 23.2 Å². The SMILES string of the molecule is CCc1nn(-c2c(F)cc(C(N)=O)c(N[C@@H]3CCOC3)c2F)c2c1C(=O)CC(C)(C)C2. The lowest BCUT2D eigenvalue weighted by Crippen LogP contribution is -2.29. The van der Waals surface area contributed by atoms with Crippen molar-refractivity contribution in [1.82, 2.24) is 9.78 Å². The molecule has 7 nitrogen and oxygen atoms in total. The predicted molar refractivity (Wildman–Crippen MR) is 111 cm³/mol. The number of hydrogen-bond donors (Lipinski definition) is 2. The molecule has 0 saturated carbocycles. The Hall–Kier alpha value is -2.81. The van der Waals surface area contributed by atoms with Crippen LogP contribution < -0.4 is 11.1 Å². The van der Waals surface area contributed by atoms with E-state index in [-0.39, 0.29) is 28.5 Å². The van der Waals surface area contributed by atoms with E-state index in [0.29, 0.717) is 55.8 Å². The van der Waals surface area contributed by atoms with E-state index in [1.165, 1.54) is 4.68 Å². The van der Waals surface area contributed by atoms with E-state index in [4.69, 9.17) is 10.5 Å². The maximum atomic E-state index is 15.8. The van der Waals surface area contributed by atoms with Crippen LogP contribution in [-0.2, 0) is 17.6 Å². The number of rotatable bonds is 5. The van der Waals surface area contributed by atoms with Gasteiger partial charge in [-0.1, -0.05) is 20.8 Å². The number of hydrogen-bond acceptors (Lipinski definition) is 5. The Kier molecular flexibility index (Phi) is 5.33. The Morgan fingerprint density at radius 3 is 2.74 bits per heavy atom. The molecule has 1 atom stereocenters. The van der Waals surface area contributed by atoms with Gasteiger partial charge in [-0.05, 0) is 30.7 Å². The second kappa shape index (κ2) is 7.71. The summed E-state index contributed by atoms with van der Waals surface area (Å²) < 4.78 is 37.4. The molecule has 3 N–H and O–H groups in total. The molecule has 1 saturated heterocycles. The van der Waals surface area contributed by atoms with Gasteiger partial charge < -0.3 is 15.8 Å². The minimum Gasteiger partial charge on any atom is -0.379 e. The zero-order chi connectivity index (χ0) is 22.5. The van der Waals surface area contributed by atoms with E-state index in [1.807, 2.05) is 20.8 Å². The molecule has 1 aromatic carbocycles. The first-order valence-electron chi connectivity index (χ1n) is 10.4. The molecule has 1 aliphatic carbocycles. The Bertz CT molecular complexity index is 1070. The quantitative estimate of drug-likeness (QED) is 0.756. The maximum Gasteiger partial charge on any atom is 0.251 e. The van der Waals surface area contributed by atoms with Gasteiger partial charge in [-0.3, -0.25) is 9.59 Å². The number of amides is 1.